The Morgan fingerprint density at radius 1 is 1.33 bits per heavy atom. The molecule has 0 saturated carbocycles. The standard InChI is InChI=1S/C14H28N2O3S2/c1-3-4-8-15(2)21(17,18)16(13-7-10-20-12-13)11-14-6-5-9-19-14/h13-14H,3-12H2,1-2H3. The Morgan fingerprint density at radius 3 is 2.71 bits per heavy atom. The second kappa shape index (κ2) is 8.15. The molecule has 0 radical (unpaired) electrons. The quantitative estimate of drug-likeness (QED) is 0.680. The first-order valence-electron chi connectivity index (χ1n) is 7.98. The number of hydrogen-bond donors (Lipinski definition) is 0. The van der Waals surface area contributed by atoms with Gasteiger partial charge in [-0.25, -0.2) is 0 Å². The van der Waals surface area contributed by atoms with Crippen molar-refractivity contribution in [1.82, 2.24) is 8.61 Å². The third kappa shape index (κ3) is 4.58. The average molecular weight is 337 g/mol. The van der Waals surface area contributed by atoms with Gasteiger partial charge < -0.3 is 4.74 Å². The van der Waals surface area contributed by atoms with Gasteiger partial charge >= 0.3 is 0 Å². The maximum Gasteiger partial charge on any atom is 0.282 e. The molecule has 0 aromatic carbocycles. The molecule has 0 aromatic heterocycles. The van der Waals surface area contributed by atoms with Crippen molar-refractivity contribution in [2.45, 2.75) is 51.2 Å². The number of thioether (sulfide) groups is 1. The minimum atomic E-state index is -3.37. The molecule has 5 nitrogen and oxygen atoms in total. The topological polar surface area (TPSA) is 49.9 Å². The zero-order valence-electron chi connectivity index (χ0n) is 13.2. The van der Waals surface area contributed by atoms with Crippen LogP contribution in [0.5, 0.6) is 0 Å². The first kappa shape index (κ1) is 17.5. The Morgan fingerprint density at radius 2 is 2.14 bits per heavy atom. The molecule has 2 rings (SSSR count). The van der Waals surface area contributed by atoms with E-state index in [1.54, 1.807) is 11.4 Å². The van der Waals surface area contributed by atoms with Crippen LogP contribution >= 0.6 is 11.8 Å². The number of nitrogens with zero attached hydrogens (tertiary/aromatic N) is 2. The van der Waals surface area contributed by atoms with Gasteiger partial charge in [0.25, 0.3) is 10.2 Å². The summed E-state index contributed by atoms with van der Waals surface area (Å²) in [5.41, 5.74) is 0. The molecule has 7 heteroatoms. The molecule has 0 spiro atoms. The number of ether oxygens (including phenoxy) is 1. The summed E-state index contributed by atoms with van der Waals surface area (Å²) >= 11 is 1.85. The molecule has 0 N–H and O–H groups in total. The lowest BCUT2D eigenvalue weighted by molar-refractivity contribution is 0.0860. The molecule has 21 heavy (non-hydrogen) atoms. The summed E-state index contributed by atoms with van der Waals surface area (Å²) < 4.78 is 34.7. The number of unbranched alkanes of at least 4 members (excludes halogenated alkanes) is 1. The van der Waals surface area contributed by atoms with Gasteiger partial charge in [-0.3, -0.25) is 0 Å². The lowest BCUT2D eigenvalue weighted by atomic mass is 10.2. The van der Waals surface area contributed by atoms with Crippen molar-refractivity contribution in [2.24, 2.45) is 0 Å². The van der Waals surface area contributed by atoms with E-state index < -0.39 is 10.2 Å². The van der Waals surface area contributed by atoms with Gasteiger partial charge in [-0.15, -0.1) is 0 Å². The van der Waals surface area contributed by atoms with E-state index in [1.165, 1.54) is 4.31 Å². The third-order valence-corrected chi connectivity index (χ3v) is 7.39. The lowest BCUT2D eigenvalue weighted by Crippen LogP contribution is -2.50. The van der Waals surface area contributed by atoms with Gasteiger partial charge in [-0.05, 0) is 31.4 Å². The Bertz CT molecular complexity index is 404. The van der Waals surface area contributed by atoms with Gasteiger partial charge in [-0.2, -0.15) is 28.8 Å². The van der Waals surface area contributed by atoms with E-state index in [1.807, 2.05) is 11.8 Å². The molecule has 0 aromatic rings. The predicted molar refractivity (Wildman–Crippen MR) is 87.9 cm³/mol. The maximum absolute atomic E-state index is 12.9. The van der Waals surface area contributed by atoms with Crippen LogP contribution in [0.1, 0.15) is 39.0 Å². The van der Waals surface area contributed by atoms with Crippen molar-refractivity contribution in [2.75, 3.05) is 38.2 Å². The van der Waals surface area contributed by atoms with Gasteiger partial charge in [0.05, 0.1) is 6.10 Å². The smallest absolute Gasteiger partial charge is 0.282 e. The van der Waals surface area contributed by atoms with Gasteiger partial charge in [0, 0.05) is 38.5 Å². The summed E-state index contributed by atoms with van der Waals surface area (Å²) in [6.07, 6.45) is 4.96. The highest BCUT2D eigenvalue weighted by Gasteiger charge is 2.37. The zero-order valence-corrected chi connectivity index (χ0v) is 14.8. The second-order valence-electron chi connectivity index (χ2n) is 5.90. The maximum atomic E-state index is 12.9. The van der Waals surface area contributed by atoms with Crippen molar-refractivity contribution in [3.63, 3.8) is 0 Å². The molecule has 124 valence electrons. The van der Waals surface area contributed by atoms with E-state index in [-0.39, 0.29) is 12.1 Å². The highest BCUT2D eigenvalue weighted by atomic mass is 32.2. The van der Waals surface area contributed by atoms with Crippen LogP contribution in [-0.4, -0.2) is 67.4 Å². The minimum Gasteiger partial charge on any atom is -0.377 e. The van der Waals surface area contributed by atoms with Gasteiger partial charge in [0.15, 0.2) is 0 Å². The van der Waals surface area contributed by atoms with E-state index in [0.29, 0.717) is 13.1 Å². The first-order chi connectivity index (χ1) is 10.1. The molecule has 0 bridgehead atoms. The Labute approximate surface area is 133 Å². The molecular weight excluding hydrogens is 308 g/mol. The lowest BCUT2D eigenvalue weighted by Gasteiger charge is -2.33. The summed E-state index contributed by atoms with van der Waals surface area (Å²) in [4.78, 5) is 0. The van der Waals surface area contributed by atoms with Crippen LogP contribution in [0.3, 0.4) is 0 Å². The molecule has 0 amide bonds. The van der Waals surface area contributed by atoms with Crippen LogP contribution in [0.4, 0.5) is 0 Å². The Kier molecular flexibility index (Phi) is 6.80. The van der Waals surface area contributed by atoms with Crippen molar-refractivity contribution in [1.29, 1.82) is 0 Å². The number of rotatable bonds is 8. The summed E-state index contributed by atoms with van der Waals surface area (Å²) in [7, 11) is -1.67. The summed E-state index contributed by atoms with van der Waals surface area (Å²) in [5, 5.41) is 0. The fraction of sp³-hybridized carbons (Fsp3) is 1.00. The zero-order chi connectivity index (χ0) is 15.3. The van der Waals surface area contributed by atoms with Crippen LogP contribution in [0.2, 0.25) is 0 Å². The summed E-state index contributed by atoms with van der Waals surface area (Å²) in [5.74, 6) is 1.97. The fourth-order valence-corrected chi connectivity index (χ4v) is 5.79. The number of hydrogen-bond acceptors (Lipinski definition) is 4. The Balaban J connectivity index is 2.08. The van der Waals surface area contributed by atoms with E-state index in [4.69, 9.17) is 4.74 Å². The largest absolute Gasteiger partial charge is 0.377 e. The molecule has 2 aliphatic heterocycles. The van der Waals surface area contributed by atoms with Gasteiger partial charge in [-0.1, -0.05) is 13.3 Å². The predicted octanol–water partition coefficient (Wildman–Crippen LogP) is 1.95. The van der Waals surface area contributed by atoms with Crippen molar-refractivity contribution in [3.05, 3.63) is 0 Å². The third-order valence-electron chi connectivity index (χ3n) is 4.24. The highest BCUT2D eigenvalue weighted by Crippen LogP contribution is 2.27. The van der Waals surface area contributed by atoms with Crippen LogP contribution < -0.4 is 0 Å². The molecule has 2 saturated heterocycles. The molecule has 2 unspecified atom stereocenters. The first-order valence-corrected chi connectivity index (χ1v) is 10.5. The minimum absolute atomic E-state index is 0.0740. The van der Waals surface area contributed by atoms with Crippen LogP contribution in [0.25, 0.3) is 0 Å². The van der Waals surface area contributed by atoms with E-state index in [0.717, 1.165) is 50.2 Å². The van der Waals surface area contributed by atoms with Gasteiger partial charge in [0.1, 0.15) is 0 Å². The summed E-state index contributed by atoms with van der Waals surface area (Å²) in [6.45, 7) is 3.96. The fourth-order valence-electron chi connectivity index (χ4n) is 2.85. The summed E-state index contributed by atoms with van der Waals surface area (Å²) in [6, 6.07) is 0.133. The average Bonchev–Trinajstić information content (AvgIpc) is 3.14. The van der Waals surface area contributed by atoms with E-state index in [9.17, 15) is 8.42 Å². The van der Waals surface area contributed by atoms with Crippen molar-refractivity contribution in [3.8, 4) is 0 Å². The van der Waals surface area contributed by atoms with Gasteiger partial charge in [0.2, 0.25) is 0 Å². The molecule has 0 aliphatic carbocycles. The van der Waals surface area contributed by atoms with E-state index in [2.05, 4.69) is 6.92 Å². The van der Waals surface area contributed by atoms with Crippen LogP contribution in [0.15, 0.2) is 0 Å². The monoisotopic (exact) mass is 336 g/mol. The molecule has 2 atom stereocenters. The normalized spacial score (nSPS) is 27.0. The molecular formula is C14H28N2O3S2. The second-order valence-corrected chi connectivity index (χ2v) is 9.04. The van der Waals surface area contributed by atoms with Crippen molar-refractivity contribution >= 4 is 22.0 Å². The van der Waals surface area contributed by atoms with Crippen LogP contribution in [0, 0.1) is 0 Å². The van der Waals surface area contributed by atoms with Crippen LogP contribution in [-0.2, 0) is 14.9 Å². The Hall–Kier alpha value is 0.180. The molecule has 2 fully saturated rings. The van der Waals surface area contributed by atoms with Crippen molar-refractivity contribution < 1.29 is 13.2 Å². The highest BCUT2D eigenvalue weighted by molar-refractivity contribution is 7.99. The van der Waals surface area contributed by atoms with E-state index >= 15 is 0 Å². The SMILES string of the molecule is CCCCN(C)S(=O)(=O)N(CC1CCCO1)C1CCSC1. The molecule has 2 heterocycles. The molecule has 2 aliphatic rings.